The number of carbonyl (C=O) groups excluding carboxylic acids is 3. The topological polar surface area (TPSA) is 156 Å². The number of esters is 1. The zero-order valence-electron chi connectivity index (χ0n) is 24.8. The zero-order valence-corrected chi connectivity index (χ0v) is 24.8. The maximum Gasteiger partial charge on any atom is 0.307 e. The molecular weight excluding hydrogens is 542 g/mol. The number of ketones is 1. The lowest BCUT2D eigenvalue weighted by Crippen LogP contribution is -2.46. The van der Waals surface area contributed by atoms with Crippen molar-refractivity contribution in [3.8, 4) is 5.75 Å². The molecule has 0 heterocycles. The van der Waals surface area contributed by atoms with Gasteiger partial charge in [0.15, 0.2) is 5.78 Å². The van der Waals surface area contributed by atoms with Crippen molar-refractivity contribution in [2.24, 2.45) is 17.8 Å². The summed E-state index contributed by atoms with van der Waals surface area (Å²) in [5.74, 6) is -6.51. The first-order chi connectivity index (χ1) is 19.6. The lowest BCUT2D eigenvalue weighted by Gasteiger charge is -2.24. The van der Waals surface area contributed by atoms with Crippen LogP contribution in [0, 0.1) is 17.8 Å². The van der Waals surface area contributed by atoms with Gasteiger partial charge in [-0.3, -0.25) is 24.0 Å². The quantitative estimate of drug-likeness (QED) is 0.243. The van der Waals surface area contributed by atoms with E-state index in [1.54, 1.807) is 62.4 Å². The molecule has 0 aliphatic rings. The van der Waals surface area contributed by atoms with Crippen LogP contribution in [-0.2, 0) is 41.7 Å². The Morgan fingerprint density at radius 2 is 1.45 bits per heavy atom. The van der Waals surface area contributed by atoms with Crippen molar-refractivity contribution >= 4 is 29.6 Å². The molecule has 10 nitrogen and oxygen atoms in total. The lowest BCUT2D eigenvalue weighted by molar-refractivity contribution is -0.150. The third-order valence-electron chi connectivity index (χ3n) is 6.48. The minimum Gasteiger partial charge on any atom is -0.488 e. The maximum atomic E-state index is 13.4. The van der Waals surface area contributed by atoms with Crippen molar-refractivity contribution in [2.45, 2.75) is 78.6 Å². The van der Waals surface area contributed by atoms with Gasteiger partial charge in [0.1, 0.15) is 18.0 Å². The SMILES string of the molecule is CC(C)[C@H](CC(=O)[C@H](Cc1ccc(OC(C)(C)C)cc1)NC(=O)[C@H](CC(=O)O)CC(=O)OCc1ccccc1)C(=O)O. The molecule has 0 aromatic heterocycles. The minimum absolute atomic E-state index is 0.0308. The molecule has 42 heavy (non-hydrogen) atoms. The Morgan fingerprint density at radius 1 is 0.833 bits per heavy atom. The molecule has 2 aromatic rings. The van der Waals surface area contributed by atoms with Crippen LogP contribution in [0.4, 0.5) is 0 Å². The normalized spacial score (nSPS) is 13.5. The number of rotatable bonds is 16. The fraction of sp³-hybridized carbons (Fsp3) is 0.469. The van der Waals surface area contributed by atoms with Crippen LogP contribution < -0.4 is 10.1 Å². The second-order valence-electron chi connectivity index (χ2n) is 11.6. The van der Waals surface area contributed by atoms with Crippen LogP contribution in [0.2, 0.25) is 0 Å². The molecule has 0 unspecified atom stereocenters. The highest BCUT2D eigenvalue weighted by atomic mass is 16.5. The van der Waals surface area contributed by atoms with Gasteiger partial charge in [-0.1, -0.05) is 56.3 Å². The van der Waals surface area contributed by atoms with Crippen LogP contribution in [0.3, 0.4) is 0 Å². The summed E-state index contributed by atoms with van der Waals surface area (Å²) in [6.45, 7) is 9.06. The number of carboxylic acid groups (broad SMARTS) is 2. The highest BCUT2D eigenvalue weighted by Crippen LogP contribution is 2.22. The summed E-state index contributed by atoms with van der Waals surface area (Å²) in [6.07, 6.45) is -1.46. The zero-order chi connectivity index (χ0) is 31.4. The molecule has 0 saturated carbocycles. The molecule has 0 saturated heterocycles. The molecule has 0 fully saturated rings. The number of nitrogens with one attached hydrogen (secondary N) is 1. The molecule has 10 heteroatoms. The molecule has 0 aliphatic heterocycles. The summed E-state index contributed by atoms with van der Waals surface area (Å²) in [7, 11) is 0. The Hall–Kier alpha value is -4.21. The van der Waals surface area contributed by atoms with Gasteiger partial charge in [0.05, 0.1) is 30.7 Å². The summed E-state index contributed by atoms with van der Waals surface area (Å²) in [6, 6.07) is 14.7. The first-order valence-corrected chi connectivity index (χ1v) is 13.9. The van der Waals surface area contributed by atoms with E-state index in [-0.39, 0.29) is 25.4 Å². The highest BCUT2D eigenvalue weighted by molar-refractivity contribution is 5.94. The molecule has 3 N–H and O–H groups in total. The Morgan fingerprint density at radius 3 is 1.98 bits per heavy atom. The molecule has 0 aliphatic carbocycles. The predicted molar refractivity (Wildman–Crippen MR) is 155 cm³/mol. The number of amides is 1. The largest absolute Gasteiger partial charge is 0.488 e. The van der Waals surface area contributed by atoms with E-state index < -0.39 is 65.9 Å². The van der Waals surface area contributed by atoms with Gasteiger partial charge in [0.25, 0.3) is 0 Å². The Kier molecular flexibility index (Phi) is 12.7. The van der Waals surface area contributed by atoms with E-state index in [1.807, 2.05) is 26.8 Å². The van der Waals surface area contributed by atoms with Gasteiger partial charge in [-0.15, -0.1) is 0 Å². The van der Waals surface area contributed by atoms with Crippen LogP contribution in [0.1, 0.15) is 65.0 Å². The molecule has 0 spiro atoms. The average Bonchev–Trinajstić information content (AvgIpc) is 2.89. The summed E-state index contributed by atoms with van der Waals surface area (Å²) >= 11 is 0. The Labute approximate surface area is 246 Å². The molecule has 1 amide bonds. The standard InChI is InChI=1S/C32H41NO9/c1-20(2)25(31(39)40)18-27(34)26(15-21-11-13-24(14-12-21)42-32(3,4)5)33-30(38)23(16-28(35)36)17-29(37)41-19-22-9-7-6-8-10-22/h6-14,20,23,25-26H,15-19H2,1-5H3,(H,33,38)(H,35,36)(H,39,40)/t23-,25+,26+/m1/s1. The first kappa shape index (κ1) is 34.0. The molecule has 228 valence electrons. The van der Waals surface area contributed by atoms with Gasteiger partial charge in [0.2, 0.25) is 5.91 Å². The van der Waals surface area contributed by atoms with Crippen molar-refractivity contribution < 1.29 is 43.7 Å². The Balaban J connectivity index is 2.23. The predicted octanol–water partition coefficient (Wildman–Crippen LogP) is 4.43. The van der Waals surface area contributed by atoms with Crippen molar-refractivity contribution in [3.05, 3.63) is 65.7 Å². The van der Waals surface area contributed by atoms with Crippen LogP contribution >= 0.6 is 0 Å². The third kappa shape index (κ3) is 12.1. The smallest absolute Gasteiger partial charge is 0.307 e. The maximum absolute atomic E-state index is 13.4. The van der Waals surface area contributed by atoms with Crippen molar-refractivity contribution in [3.63, 3.8) is 0 Å². The van der Waals surface area contributed by atoms with E-state index in [0.29, 0.717) is 11.3 Å². The van der Waals surface area contributed by atoms with Gasteiger partial charge in [-0.2, -0.15) is 0 Å². The van der Waals surface area contributed by atoms with E-state index in [2.05, 4.69) is 5.32 Å². The highest BCUT2D eigenvalue weighted by Gasteiger charge is 2.32. The van der Waals surface area contributed by atoms with Gasteiger partial charge < -0.3 is 25.0 Å². The summed E-state index contributed by atoms with van der Waals surface area (Å²) in [5.41, 5.74) is 0.981. The van der Waals surface area contributed by atoms with Crippen molar-refractivity contribution in [2.75, 3.05) is 0 Å². The van der Waals surface area contributed by atoms with Crippen LogP contribution in [0.5, 0.6) is 5.75 Å². The number of ether oxygens (including phenoxy) is 2. The minimum atomic E-state index is -1.30. The van der Waals surface area contributed by atoms with E-state index in [0.717, 1.165) is 5.56 Å². The number of benzene rings is 2. The van der Waals surface area contributed by atoms with E-state index in [9.17, 15) is 34.2 Å². The van der Waals surface area contributed by atoms with Gasteiger partial charge in [-0.25, -0.2) is 0 Å². The van der Waals surface area contributed by atoms with Gasteiger partial charge in [-0.05, 0) is 56.4 Å². The van der Waals surface area contributed by atoms with Gasteiger partial charge in [0, 0.05) is 6.42 Å². The van der Waals surface area contributed by atoms with Crippen molar-refractivity contribution in [1.29, 1.82) is 0 Å². The second-order valence-corrected chi connectivity index (χ2v) is 11.6. The monoisotopic (exact) mass is 583 g/mol. The third-order valence-corrected chi connectivity index (χ3v) is 6.48. The molecule has 3 atom stereocenters. The van der Waals surface area contributed by atoms with Crippen LogP contribution in [0.15, 0.2) is 54.6 Å². The number of hydrogen-bond donors (Lipinski definition) is 3. The van der Waals surface area contributed by atoms with E-state index >= 15 is 0 Å². The average molecular weight is 584 g/mol. The molecule has 2 aromatic carbocycles. The summed E-state index contributed by atoms with van der Waals surface area (Å²) in [4.78, 5) is 62.5. The number of Topliss-reactive ketones (excluding diaryl/α,β-unsaturated/α-hetero) is 1. The second kappa shape index (κ2) is 15.7. The van der Waals surface area contributed by atoms with Crippen LogP contribution in [0.25, 0.3) is 0 Å². The number of carboxylic acids is 2. The molecular formula is C32H41NO9. The molecule has 0 bridgehead atoms. The lowest BCUT2D eigenvalue weighted by atomic mass is 9.87. The Bertz CT molecular complexity index is 1220. The molecule has 2 rings (SSSR count). The summed E-state index contributed by atoms with van der Waals surface area (Å²) in [5, 5.41) is 21.6. The van der Waals surface area contributed by atoms with Crippen molar-refractivity contribution in [1.82, 2.24) is 5.32 Å². The van der Waals surface area contributed by atoms with E-state index in [1.165, 1.54) is 0 Å². The van der Waals surface area contributed by atoms with Crippen LogP contribution in [-0.4, -0.2) is 51.5 Å². The van der Waals surface area contributed by atoms with Gasteiger partial charge >= 0.3 is 17.9 Å². The number of hydrogen-bond acceptors (Lipinski definition) is 7. The fourth-order valence-corrected chi connectivity index (χ4v) is 4.25. The first-order valence-electron chi connectivity index (χ1n) is 13.9. The molecule has 0 radical (unpaired) electrons. The summed E-state index contributed by atoms with van der Waals surface area (Å²) < 4.78 is 11.1. The van der Waals surface area contributed by atoms with E-state index in [4.69, 9.17) is 9.47 Å². The number of carbonyl (C=O) groups is 5. The fourth-order valence-electron chi connectivity index (χ4n) is 4.25. The number of aliphatic carboxylic acids is 2.